The molecule has 0 spiro atoms. The quantitative estimate of drug-likeness (QED) is 0.324. The molecule has 1 atom stereocenters. The van der Waals surface area contributed by atoms with E-state index in [1.54, 1.807) is 7.11 Å². The standard InChI is InChI=1S/C30H26Cl2N4O/c1-37-30-25(29-34-12-13-35-29)10-11-26(36-30)24-7-3-6-23(28(24)32)22-5-2-4-21(27(22)31)18-9-8-17-15-20(33)16-19(17)14-18/h2-11,14,20H,12-13,15-16,33H2,1H3,(H,34,35)/t20-/m0/s1. The van der Waals surface area contributed by atoms with Crippen molar-refractivity contribution in [3.05, 3.63) is 93.5 Å². The van der Waals surface area contributed by atoms with Gasteiger partial charge in [-0.05, 0) is 41.7 Å². The molecule has 2 heterocycles. The third kappa shape index (κ3) is 4.37. The van der Waals surface area contributed by atoms with Gasteiger partial charge in [-0.2, -0.15) is 0 Å². The maximum absolute atomic E-state index is 7.03. The molecule has 186 valence electrons. The highest BCUT2D eigenvalue weighted by Gasteiger charge is 2.21. The number of aromatic nitrogens is 1. The van der Waals surface area contributed by atoms with Crippen molar-refractivity contribution < 1.29 is 4.74 Å². The molecular weight excluding hydrogens is 503 g/mol. The molecule has 1 aliphatic heterocycles. The Morgan fingerprint density at radius 1 is 0.838 bits per heavy atom. The van der Waals surface area contributed by atoms with Gasteiger partial charge in [0.2, 0.25) is 5.88 Å². The minimum Gasteiger partial charge on any atom is -0.480 e. The predicted molar refractivity (Wildman–Crippen MR) is 152 cm³/mol. The molecule has 6 rings (SSSR count). The highest BCUT2D eigenvalue weighted by Crippen LogP contribution is 2.43. The summed E-state index contributed by atoms with van der Waals surface area (Å²) in [4.78, 5) is 9.25. The van der Waals surface area contributed by atoms with Crippen LogP contribution < -0.4 is 15.8 Å². The van der Waals surface area contributed by atoms with Crippen LogP contribution in [0.4, 0.5) is 0 Å². The Balaban J connectivity index is 1.40. The van der Waals surface area contributed by atoms with Crippen LogP contribution in [-0.2, 0) is 12.8 Å². The first-order valence-electron chi connectivity index (χ1n) is 12.3. The van der Waals surface area contributed by atoms with Gasteiger partial charge in [-0.1, -0.05) is 77.8 Å². The molecule has 7 heteroatoms. The van der Waals surface area contributed by atoms with Gasteiger partial charge >= 0.3 is 0 Å². The van der Waals surface area contributed by atoms with Crippen molar-refractivity contribution in [3.8, 4) is 39.4 Å². The lowest BCUT2D eigenvalue weighted by Gasteiger charge is -2.15. The molecule has 0 radical (unpaired) electrons. The molecule has 3 N–H and O–H groups in total. The first-order chi connectivity index (χ1) is 18.0. The minimum absolute atomic E-state index is 0.192. The van der Waals surface area contributed by atoms with Crippen molar-refractivity contribution in [2.45, 2.75) is 18.9 Å². The number of pyridine rings is 1. The van der Waals surface area contributed by atoms with E-state index >= 15 is 0 Å². The summed E-state index contributed by atoms with van der Waals surface area (Å²) < 4.78 is 5.59. The molecule has 0 unspecified atom stereocenters. The van der Waals surface area contributed by atoms with Gasteiger partial charge < -0.3 is 15.8 Å². The zero-order valence-electron chi connectivity index (χ0n) is 20.4. The fourth-order valence-electron chi connectivity index (χ4n) is 5.23. The maximum atomic E-state index is 7.03. The Kier molecular flexibility index (Phi) is 6.37. The van der Waals surface area contributed by atoms with E-state index in [2.05, 4.69) is 28.5 Å². The largest absolute Gasteiger partial charge is 0.480 e. The van der Waals surface area contributed by atoms with Gasteiger partial charge in [0.15, 0.2) is 0 Å². The lowest BCUT2D eigenvalue weighted by atomic mass is 9.95. The van der Waals surface area contributed by atoms with Crippen LogP contribution in [0.1, 0.15) is 16.7 Å². The smallest absolute Gasteiger partial charge is 0.224 e. The van der Waals surface area contributed by atoms with E-state index < -0.39 is 0 Å². The first kappa shape index (κ1) is 24.0. The number of nitrogens with one attached hydrogen (secondary N) is 1. The van der Waals surface area contributed by atoms with E-state index in [0.29, 0.717) is 21.6 Å². The molecule has 1 aromatic heterocycles. The van der Waals surface area contributed by atoms with E-state index in [0.717, 1.165) is 65.1 Å². The number of halogens is 2. The second kappa shape index (κ2) is 9.82. The molecule has 5 nitrogen and oxygen atoms in total. The van der Waals surface area contributed by atoms with Gasteiger partial charge in [0.25, 0.3) is 0 Å². The first-order valence-corrected chi connectivity index (χ1v) is 13.1. The molecule has 4 aromatic rings. The Morgan fingerprint density at radius 2 is 1.54 bits per heavy atom. The van der Waals surface area contributed by atoms with Crippen LogP contribution in [0.15, 0.2) is 71.7 Å². The normalized spacial score (nSPS) is 16.3. The van der Waals surface area contributed by atoms with Crippen LogP contribution in [0.5, 0.6) is 5.88 Å². The van der Waals surface area contributed by atoms with Crippen molar-refractivity contribution in [1.82, 2.24) is 10.3 Å². The summed E-state index contributed by atoms with van der Waals surface area (Å²) >= 11 is 14.0. The minimum atomic E-state index is 0.192. The van der Waals surface area contributed by atoms with Gasteiger partial charge in [-0.15, -0.1) is 0 Å². The highest BCUT2D eigenvalue weighted by molar-refractivity contribution is 6.39. The number of methoxy groups -OCH3 is 1. The predicted octanol–water partition coefficient (Wildman–Crippen LogP) is 6.17. The molecule has 0 bridgehead atoms. The fraction of sp³-hybridized carbons (Fsp3) is 0.200. The molecule has 0 fully saturated rings. The molecule has 1 aliphatic carbocycles. The van der Waals surface area contributed by atoms with Gasteiger partial charge in [-0.3, -0.25) is 4.99 Å². The fourth-order valence-corrected chi connectivity index (χ4v) is 5.89. The van der Waals surface area contributed by atoms with Crippen LogP contribution >= 0.6 is 23.2 Å². The van der Waals surface area contributed by atoms with Crippen LogP contribution in [0.25, 0.3) is 33.5 Å². The van der Waals surface area contributed by atoms with Crippen LogP contribution in [0.3, 0.4) is 0 Å². The number of amidine groups is 1. The lowest BCUT2D eigenvalue weighted by Crippen LogP contribution is -2.20. The molecule has 0 amide bonds. The zero-order valence-corrected chi connectivity index (χ0v) is 21.9. The van der Waals surface area contributed by atoms with Crippen molar-refractivity contribution >= 4 is 29.0 Å². The summed E-state index contributed by atoms with van der Waals surface area (Å²) in [7, 11) is 1.61. The van der Waals surface area contributed by atoms with Crippen molar-refractivity contribution in [1.29, 1.82) is 0 Å². The van der Waals surface area contributed by atoms with Crippen molar-refractivity contribution in [2.24, 2.45) is 10.7 Å². The second-order valence-corrected chi connectivity index (χ2v) is 10.2. The average Bonchev–Trinajstić information content (AvgIpc) is 3.57. The number of rotatable bonds is 5. The molecule has 3 aromatic carbocycles. The highest BCUT2D eigenvalue weighted by atomic mass is 35.5. The third-order valence-electron chi connectivity index (χ3n) is 7.03. The summed E-state index contributed by atoms with van der Waals surface area (Å²) in [6.07, 6.45) is 1.82. The van der Waals surface area contributed by atoms with E-state index in [1.165, 1.54) is 11.1 Å². The van der Waals surface area contributed by atoms with Crippen LogP contribution in [-0.4, -0.2) is 37.1 Å². The molecule has 2 aliphatic rings. The van der Waals surface area contributed by atoms with Gasteiger partial charge in [-0.25, -0.2) is 4.98 Å². The van der Waals surface area contributed by atoms with Gasteiger partial charge in [0.1, 0.15) is 5.84 Å². The molecule has 0 saturated carbocycles. The van der Waals surface area contributed by atoms with Crippen molar-refractivity contribution in [3.63, 3.8) is 0 Å². The molecule has 0 saturated heterocycles. The van der Waals surface area contributed by atoms with E-state index in [1.807, 2.05) is 48.5 Å². The van der Waals surface area contributed by atoms with Crippen molar-refractivity contribution in [2.75, 3.05) is 20.2 Å². The maximum Gasteiger partial charge on any atom is 0.224 e. The summed E-state index contributed by atoms with van der Waals surface area (Å²) in [6, 6.07) is 22.6. The van der Waals surface area contributed by atoms with E-state index in [4.69, 9.17) is 38.7 Å². The second-order valence-electron chi connectivity index (χ2n) is 9.40. The zero-order chi connectivity index (χ0) is 25.5. The summed E-state index contributed by atoms with van der Waals surface area (Å²) in [5.41, 5.74) is 14.9. The third-order valence-corrected chi connectivity index (χ3v) is 7.84. The number of aliphatic imine (C=N–C) groups is 1. The Labute approximate surface area is 226 Å². The van der Waals surface area contributed by atoms with E-state index in [9.17, 15) is 0 Å². The number of benzene rings is 3. The number of hydrogen-bond donors (Lipinski definition) is 2. The number of ether oxygens (including phenoxy) is 1. The Hall–Kier alpha value is -3.38. The summed E-state index contributed by atoms with van der Waals surface area (Å²) in [6.45, 7) is 1.56. The van der Waals surface area contributed by atoms with E-state index in [-0.39, 0.29) is 6.04 Å². The summed E-state index contributed by atoms with van der Waals surface area (Å²) in [5, 5.41) is 4.52. The number of hydrogen-bond acceptors (Lipinski definition) is 5. The molecule has 37 heavy (non-hydrogen) atoms. The lowest BCUT2D eigenvalue weighted by molar-refractivity contribution is 0.397. The monoisotopic (exact) mass is 528 g/mol. The molecular formula is C30H26Cl2N4O. The van der Waals surface area contributed by atoms with Gasteiger partial charge in [0.05, 0.1) is 35.0 Å². The number of nitrogens with two attached hydrogens (primary N) is 1. The Bertz CT molecular complexity index is 1550. The number of fused-ring (bicyclic) bond motifs is 1. The van der Waals surface area contributed by atoms with Crippen LogP contribution in [0.2, 0.25) is 10.0 Å². The number of nitrogens with zero attached hydrogens (tertiary/aromatic N) is 2. The SMILES string of the molecule is COc1nc(-c2cccc(-c3cccc(-c4ccc5c(c4)C[C@@H](N)C5)c3Cl)c2Cl)ccc1C1=NCCN1. The van der Waals surface area contributed by atoms with Crippen LogP contribution in [0, 0.1) is 0 Å². The summed E-state index contributed by atoms with van der Waals surface area (Å²) in [5.74, 6) is 1.30. The van der Waals surface area contributed by atoms with Gasteiger partial charge in [0, 0.05) is 34.8 Å². The Morgan fingerprint density at radius 3 is 2.27 bits per heavy atom. The average molecular weight is 529 g/mol. The topological polar surface area (TPSA) is 72.5 Å².